The summed E-state index contributed by atoms with van der Waals surface area (Å²) in [6, 6.07) is -0.835. The highest BCUT2D eigenvalue weighted by Crippen LogP contribution is 2.25. The lowest BCUT2D eigenvalue weighted by Gasteiger charge is -2.35. The molecule has 0 aliphatic heterocycles. The topological polar surface area (TPSA) is 57.6 Å². The van der Waals surface area contributed by atoms with Gasteiger partial charge in [-0.25, -0.2) is 4.79 Å². The van der Waals surface area contributed by atoms with Crippen LogP contribution in [-0.2, 0) is 9.59 Å². The minimum atomic E-state index is -0.932. The molecule has 0 aromatic carbocycles. The number of carboxylic acids is 1. The Kier molecular flexibility index (Phi) is 4.97. The third kappa shape index (κ3) is 4.64. The van der Waals surface area contributed by atoms with Crippen molar-refractivity contribution in [3.05, 3.63) is 0 Å². The molecule has 0 fully saturated rings. The van der Waals surface area contributed by atoms with Crippen LogP contribution in [0.5, 0.6) is 0 Å². The molecule has 0 aliphatic carbocycles. The molecule has 0 spiro atoms. The van der Waals surface area contributed by atoms with E-state index in [1.54, 1.807) is 0 Å². The van der Waals surface area contributed by atoms with E-state index < -0.39 is 12.0 Å². The highest BCUT2D eigenvalue weighted by Gasteiger charge is 2.33. The Hall–Kier alpha value is -1.06. The summed E-state index contributed by atoms with van der Waals surface area (Å²) >= 11 is 0. The Morgan fingerprint density at radius 2 is 1.69 bits per heavy atom. The molecule has 0 saturated heterocycles. The van der Waals surface area contributed by atoms with Crippen molar-refractivity contribution in [1.82, 2.24) is 4.90 Å². The fourth-order valence-electron chi connectivity index (χ4n) is 1.83. The zero-order valence-electron chi connectivity index (χ0n) is 11.1. The molecule has 0 saturated carbocycles. The lowest BCUT2D eigenvalue weighted by atomic mass is 9.87. The van der Waals surface area contributed by atoms with Gasteiger partial charge < -0.3 is 10.0 Å². The molecule has 0 heterocycles. The summed E-state index contributed by atoms with van der Waals surface area (Å²) < 4.78 is 0. The van der Waals surface area contributed by atoms with Gasteiger partial charge in [0.15, 0.2) is 0 Å². The summed E-state index contributed by atoms with van der Waals surface area (Å²) in [6.45, 7) is 11.0. The van der Waals surface area contributed by atoms with E-state index in [9.17, 15) is 14.7 Å². The molecule has 0 bridgehead atoms. The normalized spacial score (nSPS) is 13.7. The van der Waals surface area contributed by atoms with E-state index in [-0.39, 0.29) is 17.4 Å². The van der Waals surface area contributed by atoms with Gasteiger partial charge >= 0.3 is 5.97 Å². The van der Waals surface area contributed by atoms with E-state index in [1.807, 2.05) is 34.6 Å². The number of hydrogen-bond acceptors (Lipinski definition) is 2. The average Bonchev–Trinajstić information content (AvgIpc) is 1.98. The molecule has 4 nitrogen and oxygen atoms in total. The van der Waals surface area contributed by atoms with E-state index >= 15 is 0 Å². The maximum atomic E-state index is 11.5. The zero-order valence-corrected chi connectivity index (χ0v) is 11.1. The van der Waals surface area contributed by atoms with Gasteiger partial charge in [-0.15, -0.1) is 0 Å². The first kappa shape index (κ1) is 14.9. The van der Waals surface area contributed by atoms with Gasteiger partial charge in [0, 0.05) is 13.0 Å². The van der Waals surface area contributed by atoms with Crippen molar-refractivity contribution in [3.8, 4) is 0 Å². The van der Waals surface area contributed by atoms with Crippen LogP contribution in [0, 0.1) is 5.41 Å². The Bertz CT molecular complexity index is 266. The fraction of sp³-hybridized carbons (Fsp3) is 0.833. The molecular formula is C12H23NO3. The van der Waals surface area contributed by atoms with Crippen molar-refractivity contribution in [2.45, 2.75) is 60.0 Å². The molecule has 0 aliphatic rings. The number of carboxylic acid groups (broad SMARTS) is 1. The number of amides is 1. The molecule has 1 amide bonds. The van der Waals surface area contributed by atoms with E-state index in [2.05, 4.69) is 0 Å². The second kappa shape index (κ2) is 5.32. The smallest absolute Gasteiger partial charge is 0.326 e. The van der Waals surface area contributed by atoms with Crippen molar-refractivity contribution in [2.24, 2.45) is 5.41 Å². The van der Waals surface area contributed by atoms with Gasteiger partial charge in [-0.1, -0.05) is 20.8 Å². The summed E-state index contributed by atoms with van der Waals surface area (Å²) in [5.74, 6) is -1.12. The quantitative estimate of drug-likeness (QED) is 0.803. The molecule has 0 aromatic rings. The predicted octanol–water partition coefficient (Wildman–Crippen LogP) is 2.13. The summed E-state index contributed by atoms with van der Waals surface area (Å²) in [6.07, 6.45) is 0.458. The third-order valence-electron chi connectivity index (χ3n) is 2.35. The largest absolute Gasteiger partial charge is 0.480 e. The summed E-state index contributed by atoms with van der Waals surface area (Å²) in [7, 11) is 0. The van der Waals surface area contributed by atoms with Gasteiger partial charge in [-0.2, -0.15) is 0 Å². The Balaban J connectivity index is 5.01. The highest BCUT2D eigenvalue weighted by molar-refractivity contribution is 5.82. The van der Waals surface area contributed by atoms with E-state index in [1.165, 1.54) is 11.8 Å². The van der Waals surface area contributed by atoms with Gasteiger partial charge in [0.05, 0.1) is 0 Å². The first-order chi connectivity index (χ1) is 7.06. The summed E-state index contributed by atoms with van der Waals surface area (Å²) in [4.78, 5) is 24.2. The third-order valence-corrected chi connectivity index (χ3v) is 2.35. The number of carbonyl (C=O) groups is 2. The fourth-order valence-corrected chi connectivity index (χ4v) is 1.83. The van der Waals surface area contributed by atoms with Crippen LogP contribution < -0.4 is 0 Å². The van der Waals surface area contributed by atoms with Crippen LogP contribution in [0.2, 0.25) is 0 Å². The lowest BCUT2D eigenvalue weighted by molar-refractivity contribution is -0.152. The molecule has 1 unspecified atom stereocenters. The van der Waals surface area contributed by atoms with Crippen LogP contribution in [0.4, 0.5) is 0 Å². The van der Waals surface area contributed by atoms with Gasteiger partial charge in [0.1, 0.15) is 6.04 Å². The van der Waals surface area contributed by atoms with Crippen molar-refractivity contribution >= 4 is 11.9 Å². The maximum Gasteiger partial charge on any atom is 0.326 e. The number of nitrogens with zero attached hydrogens (tertiary/aromatic N) is 1. The lowest BCUT2D eigenvalue weighted by Crippen LogP contribution is -2.49. The van der Waals surface area contributed by atoms with Gasteiger partial charge in [-0.3, -0.25) is 4.79 Å². The SMILES string of the molecule is CC(=O)N(C(C)C)C(CC(C)(C)C)C(=O)O. The average molecular weight is 229 g/mol. The van der Waals surface area contributed by atoms with Crippen LogP contribution >= 0.6 is 0 Å². The number of aliphatic carboxylic acids is 1. The van der Waals surface area contributed by atoms with Crippen molar-refractivity contribution < 1.29 is 14.7 Å². The summed E-state index contributed by atoms with van der Waals surface area (Å²) in [5.41, 5.74) is -0.119. The van der Waals surface area contributed by atoms with Gasteiger partial charge in [0.25, 0.3) is 0 Å². The Labute approximate surface area is 97.6 Å². The minimum absolute atomic E-state index is 0.0963. The minimum Gasteiger partial charge on any atom is -0.480 e. The van der Waals surface area contributed by atoms with Crippen LogP contribution in [-0.4, -0.2) is 34.0 Å². The first-order valence-electron chi connectivity index (χ1n) is 5.58. The molecule has 0 radical (unpaired) electrons. The number of rotatable bonds is 4. The highest BCUT2D eigenvalue weighted by atomic mass is 16.4. The molecule has 94 valence electrons. The number of hydrogen-bond donors (Lipinski definition) is 1. The Morgan fingerprint density at radius 1 is 1.25 bits per heavy atom. The van der Waals surface area contributed by atoms with Crippen molar-refractivity contribution in [3.63, 3.8) is 0 Å². The van der Waals surface area contributed by atoms with Gasteiger partial charge in [-0.05, 0) is 25.7 Å². The standard InChI is InChI=1S/C12H23NO3/c1-8(2)13(9(3)14)10(11(15)16)7-12(4,5)6/h8,10H,7H2,1-6H3,(H,15,16). The van der Waals surface area contributed by atoms with Gasteiger partial charge in [0.2, 0.25) is 5.91 Å². The molecule has 16 heavy (non-hydrogen) atoms. The van der Waals surface area contributed by atoms with Crippen molar-refractivity contribution in [1.29, 1.82) is 0 Å². The maximum absolute atomic E-state index is 11.5. The van der Waals surface area contributed by atoms with Crippen LogP contribution in [0.25, 0.3) is 0 Å². The molecule has 0 aromatic heterocycles. The second-order valence-corrected chi connectivity index (χ2v) is 5.64. The van der Waals surface area contributed by atoms with Crippen LogP contribution in [0.15, 0.2) is 0 Å². The molecular weight excluding hydrogens is 206 g/mol. The van der Waals surface area contributed by atoms with Crippen LogP contribution in [0.3, 0.4) is 0 Å². The van der Waals surface area contributed by atoms with Crippen molar-refractivity contribution in [2.75, 3.05) is 0 Å². The first-order valence-corrected chi connectivity index (χ1v) is 5.58. The molecule has 0 rings (SSSR count). The summed E-state index contributed by atoms with van der Waals surface area (Å²) in [5, 5.41) is 9.21. The van der Waals surface area contributed by atoms with E-state index in [0.717, 1.165) is 0 Å². The Morgan fingerprint density at radius 3 is 1.88 bits per heavy atom. The van der Waals surface area contributed by atoms with E-state index in [4.69, 9.17) is 0 Å². The monoisotopic (exact) mass is 229 g/mol. The molecule has 1 atom stereocenters. The number of carbonyl (C=O) groups excluding carboxylic acids is 1. The van der Waals surface area contributed by atoms with E-state index in [0.29, 0.717) is 6.42 Å². The molecule has 1 N–H and O–H groups in total. The second-order valence-electron chi connectivity index (χ2n) is 5.64. The van der Waals surface area contributed by atoms with Crippen LogP contribution in [0.1, 0.15) is 48.0 Å². The zero-order chi connectivity index (χ0) is 13.1. The predicted molar refractivity (Wildman–Crippen MR) is 63.2 cm³/mol. The molecule has 4 heteroatoms.